The summed E-state index contributed by atoms with van der Waals surface area (Å²) >= 11 is 0. The van der Waals surface area contributed by atoms with Gasteiger partial charge in [0.05, 0.1) is 12.2 Å². The Balaban J connectivity index is 2.34. The summed E-state index contributed by atoms with van der Waals surface area (Å²) in [6.45, 7) is 10.7. The van der Waals surface area contributed by atoms with Crippen LogP contribution in [-0.2, 0) is 17.6 Å². The summed E-state index contributed by atoms with van der Waals surface area (Å²) in [5.74, 6) is -0.267. The summed E-state index contributed by atoms with van der Waals surface area (Å²) in [5, 5.41) is 9.94. The van der Waals surface area contributed by atoms with Gasteiger partial charge in [-0.15, -0.1) is 0 Å². The monoisotopic (exact) mass is 468 g/mol. The fraction of sp³-hybridized carbons (Fsp3) is 0.517. The molecule has 0 aliphatic carbocycles. The van der Waals surface area contributed by atoms with Crippen molar-refractivity contribution in [1.29, 1.82) is 0 Å². The molecule has 0 spiro atoms. The zero-order valence-corrected chi connectivity index (χ0v) is 21.4. The highest BCUT2D eigenvalue weighted by atomic mass is 16.7. The van der Waals surface area contributed by atoms with Crippen LogP contribution < -0.4 is 4.74 Å². The van der Waals surface area contributed by atoms with Gasteiger partial charge in [-0.25, -0.2) is 9.59 Å². The van der Waals surface area contributed by atoms with E-state index in [1.165, 1.54) is 5.56 Å². The molecule has 2 aromatic carbocycles. The van der Waals surface area contributed by atoms with Crippen LogP contribution in [0, 0.1) is 12.8 Å². The Kier molecular flexibility index (Phi) is 11.1. The quantitative estimate of drug-likeness (QED) is 0.241. The van der Waals surface area contributed by atoms with Crippen molar-refractivity contribution in [2.24, 2.45) is 5.92 Å². The van der Waals surface area contributed by atoms with Crippen LogP contribution in [0.5, 0.6) is 5.75 Å². The highest BCUT2D eigenvalue weighted by molar-refractivity contribution is 5.90. The smallest absolute Gasteiger partial charge is 0.478 e. The van der Waals surface area contributed by atoms with E-state index >= 15 is 0 Å². The largest absolute Gasteiger partial charge is 0.513 e. The van der Waals surface area contributed by atoms with Crippen LogP contribution in [0.4, 0.5) is 4.79 Å². The number of unbranched alkanes of at least 4 members (excludes halogenated alkanes) is 2. The molecule has 5 heteroatoms. The van der Waals surface area contributed by atoms with Gasteiger partial charge in [-0.2, -0.15) is 0 Å². The highest BCUT2D eigenvalue weighted by Gasteiger charge is 2.25. The molecule has 0 saturated heterocycles. The number of ether oxygens (including phenoxy) is 2. The van der Waals surface area contributed by atoms with Crippen molar-refractivity contribution in [3.8, 4) is 5.75 Å². The number of carbonyl (C=O) groups is 2. The Morgan fingerprint density at radius 1 is 1.00 bits per heavy atom. The Morgan fingerprint density at radius 2 is 1.68 bits per heavy atom. The molecule has 0 saturated carbocycles. The van der Waals surface area contributed by atoms with E-state index in [0.717, 1.165) is 55.2 Å². The lowest BCUT2D eigenvalue weighted by atomic mass is 9.80. The second kappa shape index (κ2) is 13.8. The van der Waals surface area contributed by atoms with Gasteiger partial charge in [0.1, 0.15) is 5.75 Å². The molecule has 0 bridgehead atoms. The average Bonchev–Trinajstić information content (AvgIpc) is 2.80. The maximum Gasteiger partial charge on any atom is 0.513 e. The third-order valence-corrected chi connectivity index (χ3v) is 6.24. The van der Waals surface area contributed by atoms with Gasteiger partial charge in [0, 0.05) is 0 Å². The molecule has 2 rings (SSSR count). The highest BCUT2D eigenvalue weighted by Crippen LogP contribution is 2.33. The summed E-state index contributed by atoms with van der Waals surface area (Å²) in [4.78, 5) is 24.4. The molecule has 5 nitrogen and oxygen atoms in total. The van der Waals surface area contributed by atoms with E-state index in [1.54, 1.807) is 24.3 Å². The van der Waals surface area contributed by atoms with E-state index in [4.69, 9.17) is 9.47 Å². The Bertz CT molecular complexity index is 933. The van der Waals surface area contributed by atoms with Gasteiger partial charge in [-0.05, 0) is 84.9 Å². The van der Waals surface area contributed by atoms with E-state index in [0.29, 0.717) is 17.7 Å². The van der Waals surface area contributed by atoms with Gasteiger partial charge in [0.15, 0.2) is 0 Å². The number of benzene rings is 2. The van der Waals surface area contributed by atoms with Crippen molar-refractivity contribution in [3.63, 3.8) is 0 Å². The summed E-state index contributed by atoms with van der Waals surface area (Å²) in [7, 11) is 0. The normalized spacial score (nSPS) is 11.9. The Morgan fingerprint density at radius 3 is 2.26 bits per heavy atom. The molecule has 0 heterocycles. The van der Waals surface area contributed by atoms with Crippen molar-refractivity contribution in [1.82, 2.24) is 0 Å². The number of rotatable bonds is 13. The molecule has 1 atom stereocenters. The second-order valence-electron chi connectivity index (χ2n) is 9.36. The fourth-order valence-electron chi connectivity index (χ4n) is 4.54. The maximum absolute atomic E-state index is 12.3. The van der Waals surface area contributed by atoms with Crippen LogP contribution in [-0.4, -0.2) is 23.8 Å². The predicted molar refractivity (Wildman–Crippen MR) is 136 cm³/mol. The summed E-state index contributed by atoms with van der Waals surface area (Å²) < 4.78 is 10.8. The number of aryl methyl sites for hydroxylation is 1. The summed E-state index contributed by atoms with van der Waals surface area (Å²) in [5.41, 5.74) is 4.72. The number of aromatic carboxylic acids is 1. The second-order valence-corrected chi connectivity index (χ2v) is 9.36. The molecule has 0 amide bonds. The number of carboxylic acids is 1. The molecule has 1 N–H and O–H groups in total. The molecule has 0 aromatic heterocycles. The first-order valence-corrected chi connectivity index (χ1v) is 12.6. The van der Waals surface area contributed by atoms with E-state index < -0.39 is 12.1 Å². The van der Waals surface area contributed by atoms with Gasteiger partial charge in [-0.1, -0.05) is 65.2 Å². The number of carbonyl (C=O) groups excluding carboxylic acids is 1. The number of hydrogen-bond acceptors (Lipinski definition) is 4. The van der Waals surface area contributed by atoms with E-state index in [-0.39, 0.29) is 18.4 Å². The number of carboxylic acid groups (broad SMARTS) is 1. The zero-order valence-electron chi connectivity index (χ0n) is 21.4. The van der Waals surface area contributed by atoms with Crippen molar-refractivity contribution in [2.75, 3.05) is 6.61 Å². The van der Waals surface area contributed by atoms with Crippen LogP contribution >= 0.6 is 0 Å². The predicted octanol–water partition coefficient (Wildman–Crippen LogP) is 7.72. The van der Waals surface area contributed by atoms with Crippen LogP contribution in [0.15, 0.2) is 36.4 Å². The lowest BCUT2D eigenvalue weighted by Crippen LogP contribution is -2.21. The standard InChI is InChI=1S/C29H40O5/c1-6-8-13-22(19-33-29(32)34-23-14-11-10-12-15-23)18-25-24(16-9-7-2)21(5)17-26(28(30)31)27(25)20(3)4/h10-12,14-15,17,20,22H,6-9,13,16,18-19H2,1-5H3,(H,30,31). The molecule has 0 radical (unpaired) electrons. The lowest BCUT2D eigenvalue weighted by Gasteiger charge is -2.26. The van der Waals surface area contributed by atoms with Gasteiger partial charge in [-0.3, -0.25) is 0 Å². The minimum absolute atomic E-state index is 0.0814. The molecule has 0 fully saturated rings. The van der Waals surface area contributed by atoms with Crippen LogP contribution in [0.25, 0.3) is 0 Å². The molecule has 34 heavy (non-hydrogen) atoms. The van der Waals surface area contributed by atoms with E-state index in [1.807, 2.05) is 19.1 Å². The Hall–Kier alpha value is -2.82. The van der Waals surface area contributed by atoms with Gasteiger partial charge >= 0.3 is 12.1 Å². The topological polar surface area (TPSA) is 72.8 Å². The first kappa shape index (κ1) is 27.4. The number of para-hydroxylation sites is 1. The van der Waals surface area contributed by atoms with E-state index in [2.05, 4.69) is 27.7 Å². The van der Waals surface area contributed by atoms with Crippen molar-refractivity contribution in [3.05, 3.63) is 64.2 Å². The lowest BCUT2D eigenvalue weighted by molar-refractivity contribution is 0.0694. The molecule has 2 aromatic rings. The van der Waals surface area contributed by atoms with Crippen molar-refractivity contribution >= 4 is 12.1 Å². The average molecular weight is 469 g/mol. The van der Waals surface area contributed by atoms with Crippen molar-refractivity contribution < 1.29 is 24.2 Å². The third kappa shape index (κ3) is 7.89. The summed E-state index contributed by atoms with van der Waals surface area (Å²) in [6, 6.07) is 10.7. The Labute approximate surface area is 204 Å². The molecule has 186 valence electrons. The van der Waals surface area contributed by atoms with Gasteiger partial charge in [0.25, 0.3) is 0 Å². The third-order valence-electron chi connectivity index (χ3n) is 6.24. The molecule has 1 unspecified atom stereocenters. The van der Waals surface area contributed by atoms with Crippen LogP contribution in [0.1, 0.15) is 98.3 Å². The van der Waals surface area contributed by atoms with E-state index in [9.17, 15) is 14.7 Å². The first-order valence-electron chi connectivity index (χ1n) is 12.6. The molecular formula is C29H40O5. The minimum Gasteiger partial charge on any atom is -0.478 e. The zero-order chi connectivity index (χ0) is 25.1. The fourth-order valence-corrected chi connectivity index (χ4v) is 4.54. The maximum atomic E-state index is 12.3. The van der Waals surface area contributed by atoms with Gasteiger partial charge in [0.2, 0.25) is 0 Å². The van der Waals surface area contributed by atoms with Crippen molar-refractivity contribution in [2.45, 2.75) is 85.5 Å². The summed E-state index contributed by atoms with van der Waals surface area (Å²) in [6.07, 6.45) is 5.98. The first-order chi connectivity index (χ1) is 16.3. The molecule has 0 aliphatic heterocycles. The SMILES string of the molecule is CCCCc1c(C)cc(C(=O)O)c(C(C)C)c1CC(CCCC)COC(=O)Oc1ccccc1. The number of hydrogen-bond donors (Lipinski definition) is 1. The molecular weight excluding hydrogens is 428 g/mol. The van der Waals surface area contributed by atoms with Crippen LogP contribution in [0.2, 0.25) is 0 Å². The van der Waals surface area contributed by atoms with Crippen LogP contribution in [0.3, 0.4) is 0 Å². The minimum atomic E-state index is -0.886. The molecule has 0 aliphatic rings. The van der Waals surface area contributed by atoms with Gasteiger partial charge < -0.3 is 14.6 Å².